The normalized spacial score (nSPS) is 18.2. The zero-order chi connectivity index (χ0) is 27.7. The van der Waals surface area contributed by atoms with Crippen molar-refractivity contribution < 1.29 is 18.4 Å². The van der Waals surface area contributed by atoms with Crippen molar-refractivity contribution in [3.63, 3.8) is 0 Å². The van der Waals surface area contributed by atoms with Crippen molar-refractivity contribution in [1.82, 2.24) is 10.2 Å². The zero-order valence-electron chi connectivity index (χ0n) is 22.4. The molecule has 0 aliphatic carbocycles. The third-order valence-electron chi connectivity index (χ3n) is 7.68. The van der Waals surface area contributed by atoms with Crippen molar-refractivity contribution in [3.05, 3.63) is 83.4 Å². The first-order valence-electron chi connectivity index (χ1n) is 13.2. The number of fused-ring (bicyclic) bond motifs is 1. The third-order valence-corrected chi connectivity index (χ3v) is 7.68. The van der Waals surface area contributed by atoms with Crippen LogP contribution in [0.15, 0.2) is 60.7 Å². The summed E-state index contributed by atoms with van der Waals surface area (Å²) in [5.41, 5.74) is 3.38. The van der Waals surface area contributed by atoms with Crippen LogP contribution in [0, 0.1) is 11.6 Å². The van der Waals surface area contributed by atoms with Crippen LogP contribution in [0.2, 0.25) is 0 Å². The molecule has 5 rings (SSSR count). The molecule has 0 radical (unpaired) electrons. The van der Waals surface area contributed by atoms with Crippen LogP contribution in [0.3, 0.4) is 0 Å². The Labute approximate surface area is 227 Å². The molecule has 1 saturated heterocycles. The van der Waals surface area contributed by atoms with Gasteiger partial charge < -0.3 is 25.3 Å². The average molecular weight is 534 g/mol. The molecule has 0 spiro atoms. The van der Waals surface area contributed by atoms with Crippen molar-refractivity contribution in [3.8, 4) is 0 Å². The molecule has 3 aromatic rings. The molecule has 2 N–H and O–H groups in total. The first-order valence-corrected chi connectivity index (χ1v) is 13.2. The summed E-state index contributed by atoms with van der Waals surface area (Å²) in [6.45, 7) is 3.60. The quantitative estimate of drug-likeness (QED) is 0.472. The maximum Gasteiger partial charge on any atom is 0.251 e. The van der Waals surface area contributed by atoms with E-state index in [9.17, 15) is 18.4 Å². The number of carbonyl (C=O) groups is 2. The SMILES string of the molecule is C[C@@H]1C(=O)N(C)c2ccc(Nc3ccc(C(=O)NC4CCN(C)CC4)cc3)cc2N1Cc1c(F)cccc1F. The minimum absolute atomic E-state index is 0.0809. The Bertz CT molecular complexity index is 1350. The summed E-state index contributed by atoms with van der Waals surface area (Å²) in [6, 6.07) is 16.1. The van der Waals surface area contributed by atoms with Gasteiger partial charge in [-0.2, -0.15) is 0 Å². The molecule has 0 unspecified atom stereocenters. The molecule has 2 heterocycles. The van der Waals surface area contributed by atoms with Crippen molar-refractivity contribution in [2.45, 2.75) is 38.4 Å². The molecule has 2 amide bonds. The van der Waals surface area contributed by atoms with Gasteiger partial charge in [0.2, 0.25) is 5.91 Å². The lowest BCUT2D eigenvalue weighted by atomic mass is 10.0. The largest absolute Gasteiger partial charge is 0.355 e. The predicted molar refractivity (Wildman–Crippen MR) is 150 cm³/mol. The predicted octanol–water partition coefficient (Wildman–Crippen LogP) is 4.90. The number of hydrogen-bond donors (Lipinski definition) is 2. The number of likely N-dealkylation sites (N-methyl/N-ethyl adjacent to an activating group) is 1. The minimum Gasteiger partial charge on any atom is -0.355 e. The first-order chi connectivity index (χ1) is 18.7. The van der Waals surface area contributed by atoms with E-state index in [0.29, 0.717) is 16.9 Å². The van der Waals surface area contributed by atoms with Crippen LogP contribution in [0.25, 0.3) is 0 Å². The monoisotopic (exact) mass is 533 g/mol. The van der Waals surface area contributed by atoms with E-state index < -0.39 is 17.7 Å². The molecule has 39 heavy (non-hydrogen) atoms. The third kappa shape index (κ3) is 5.59. The summed E-state index contributed by atoms with van der Waals surface area (Å²) in [7, 11) is 3.78. The van der Waals surface area contributed by atoms with E-state index in [2.05, 4.69) is 22.6 Å². The lowest BCUT2D eigenvalue weighted by Crippen LogP contribution is -2.50. The van der Waals surface area contributed by atoms with Gasteiger partial charge in [-0.25, -0.2) is 8.78 Å². The lowest BCUT2D eigenvalue weighted by molar-refractivity contribution is -0.119. The van der Waals surface area contributed by atoms with Gasteiger partial charge in [0.15, 0.2) is 0 Å². The highest BCUT2D eigenvalue weighted by molar-refractivity contribution is 6.05. The number of hydrogen-bond acceptors (Lipinski definition) is 5. The number of nitrogens with zero attached hydrogens (tertiary/aromatic N) is 3. The van der Waals surface area contributed by atoms with Gasteiger partial charge in [-0.3, -0.25) is 9.59 Å². The van der Waals surface area contributed by atoms with Crippen molar-refractivity contribution in [1.29, 1.82) is 0 Å². The number of likely N-dealkylation sites (tertiary alicyclic amines) is 1. The molecule has 204 valence electrons. The lowest BCUT2D eigenvalue weighted by Gasteiger charge is -2.40. The summed E-state index contributed by atoms with van der Waals surface area (Å²) < 4.78 is 29.0. The molecular formula is C30H33F2N5O2. The molecule has 2 aliphatic rings. The summed E-state index contributed by atoms with van der Waals surface area (Å²) in [5, 5.41) is 6.47. The summed E-state index contributed by atoms with van der Waals surface area (Å²) in [4.78, 5) is 31.2. The molecule has 7 nitrogen and oxygen atoms in total. The number of carbonyl (C=O) groups excluding carboxylic acids is 2. The number of anilines is 4. The molecular weight excluding hydrogens is 500 g/mol. The number of piperidine rings is 1. The Morgan fingerprint density at radius 1 is 0.923 bits per heavy atom. The van der Waals surface area contributed by atoms with Crippen molar-refractivity contribution in [2.24, 2.45) is 0 Å². The van der Waals surface area contributed by atoms with Gasteiger partial charge in [0.1, 0.15) is 17.7 Å². The van der Waals surface area contributed by atoms with E-state index in [1.807, 2.05) is 30.3 Å². The van der Waals surface area contributed by atoms with E-state index in [4.69, 9.17) is 0 Å². The van der Waals surface area contributed by atoms with Crippen LogP contribution < -0.4 is 20.4 Å². The Balaban J connectivity index is 1.34. The van der Waals surface area contributed by atoms with Crippen LogP contribution >= 0.6 is 0 Å². The standard InChI is InChI=1S/C30H33F2N5O2/c1-19-30(39)36(3)27-12-11-23(17-28(27)37(19)18-24-25(31)5-4-6-26(24)32)33-21-9-7-20(8-10-21)29(38)34-22-13-15-35(2)16-14-22/h4-12,17,19,22,33H,13-16,18H2,1-3H3,(H,34,38)/t19-/m1/s1. The Kier molecular flexibility index (Phi) is 7.52. The maximum absolute atomic E-state index is 14.5. The fraction of sp³-hybridized carbons (Fsp3) is 0.333. The van der Waals surface area contributed by atoms with Crippen LogP contribution in [-0.4, -0.2) is 56.0 Å². The molecule has 2 aliphatic heterocycles. The van der Waals surface area contributed by atoms with Gasteiger partial charge in [0.05, 0.1) is 11.4 Å². The Morgan fingerprint density at radius 2 is 1.56 bits per heavy atom. The molecule has 3 aromatic carbocycles. The number of rotatable bonds is 6. The fourth-order valence-corrected chi connectivity index (χ4v) is 5.22. The molecule has 0 bridgehead atoms. The highest BCUT2D eigenvalue weighted by Crippen LogP contribution is 2.39. The Hall–Kier alpha value is -3.98. The second-order valence-corrected chi connectivity index (χ2v) is 10.4. The van der Waals surface area contributed by atoms with E-state index >= 15 is 0 Å². The second-order valence-electron chi connectivity index (χ2n) is 10.4. The summed E-state index contributed by atoms with van der Waals surface area (Å²) in [5.74, 6) is -1.54. The minimum atomic E-state index is -0.649. The number of halogens is 2. The fourth-order valence-electron chi connectivity index (χ4n) is 5.22. The molecule has 0 aromatic heterocycles. The van der Waals surface area contributed by atoms with Gasteiger partial charge in [-0.05, 0) is 94.5 Å². The van der Waals surface area contributed by atoms with Crippen LogP contribution in [0.1, 0.15) is 35.7 Å². The van der Waals surface area contributed by atoms with Crippen molar-refractivity contribution in [2.75, 3.05) is 42.3 Å². The van der Waals surface area contributed by atoms with Gasteiger partial charge in [-0.1, -0.05) is 6.07 Å². The molecule has 1 atom stereocenters. The van der Waals surface area contributed by atoms with E-state index in [0.717, 1.165) is 37.3 Å². The average Bonchev–Trinajstić information content (AvgIpc) is 2.93. The molecule has 9 heteroatoms. The zero-order valence-corrected chi connectivity index (χ0v) is 22.4. The number of amides is 2. The van der Waals surface area contributed by atoms with Crippen LogP contribution in [-0.2, 0) is 11.3 Å². The summed E-state index contributed by atoms with van der Waals surface area (Å²) >= 11 is 0. The Morgan fingerprint density at radius 3 is 2.23 bits per heavy atom. The van der Waals surface area contributed by atoms with Gasteiger partial charge >= 0.3 is 0 Å². The highest BCUT2D eigenvalue weighted by atomic mass is 19.1. The molecule has 0 saturated carbocycles. The van der Waals surface area contributed by atoms with E-state index in [1.165, 1.54) is 18.2 Å². The van der Waals surface area contributed by atoms with E-state index in [-0.39, 0.29) is 30.0 Å². The number of nitrogens with one attached hydrogen (secondary N) is 2. The van der Waals surface area contributed by atoms with Crippen LogP contribution in [0.4, 0.5) is 31.5 Å². The smallest absolute Gasteiger partial charge is 0.251 e. The first kappa shape index (κ1) is 26.6. The maximum atomic E-state index is 14.5. The second kappa shape index (κ2) is 11.0. The van der Waals surface area contributed by atoms with E-state index in [1.54, 1.807) is 35.9 Å². The topological polar surface area (TPSA) is 67.9 Å². The number of benzene rings is 3. The van der Waals surface area contributed by atoms with Gasteiger partial charge in [-0.15, -0.1) is 0 Å². The highest BCUT2D eigenvalue weighted by Gasteiger charge is 2.34. The van der Waals surface area contributed by atoms with Crippen molar-refractivity contribution >= 4 is 34.6 Å². The summed E-state index contributed by atoms with van der Waals surface area (Å²) in [6.07, 6.45) is 1.89. The van der Waals surface area contributed by atoms with Crippen LogP contribution in [0.5, 0.6) is 0 Å². The van der Waals surface area contributed by atoms with Gasteiger partial charge in [0.25, 0.3) is 5.91 Å². The molecule has 1 fully saturated rings. The van der Waals surface area contributed by atoms with Gasteiger partial charge in [0, 0.05) is 42.1 Å².